The molecule has 7 nitrogen and oxygen atoms in total. The van der Waals surface area contributed by atoms with Crippen LogP contribution in [0.25, 0.3) is 11.0 Å². The van der Waals surface area contributed by atoms with Gasteiger partial charge in [0.05, 0.1) is 11.0 Å². The molecule has 3 N–H and O–H groups in total. The van der Waals surface area contributed by atoms with Crippen LogP contribution >= 0.6 is 0 Å². The standard InChI is InChI=1S/C19H19FN4O3/c1-11-7-12(19(26)21-2)3-5-14(11)24-18(25)10-27-9-17-22-15-6-4-13(20)8-16(15)23-17/h3-8H,9-10H2,1-2H3,(H,21,26)(H,22,23)(H,24,25). The van der Waals surface area contributed by atoms with Crippen LogP contribution in [0, 0.1) is 12.7 Å². The number of amides is 2. The van der Waals surface area contributed by atoms with E-state index in [4.69, 9.17) is 4.74 Å². The number of H-pyrrole nitrogens is 1. The summed E-state index contributed by atoms with van der Waals surface area (Å²) in [6, 6.07) is 9.26. The van der Waals surface area contributed by atoms with E-state index in [-0.39, 0.29) is 30.8 Å². The molecule has 0 saturated heterocycles. The van der Waals surface area contributed by atoms with Gasteiger partial charge >= 0.3 is 0 Å². The van der Waals surface area contributed by atoms with Crippen LogP contribution in [-0.4, -0.2) is 35.4 Å². The highest BCUT2D eigenvalue weighted by atomic mass is 19.1. The first kappa shape index (κ1) is 18.5. The van der Waals surface area contributed by atoms with Gasteiger partial charge < -0.3 is 20.4 Å². The van der Waals surface area contributed by atoms with E-state index < -0.39 is 0 Å². The molecule has 1 aromatic heterocycles. The van der Waals surface area contributed by atoms with Gasteiger partial charge in [0.15, 0.2) is 0 Å². The molecule has 3 rings (SSSR count). The zero-order valence-corrected chi connectivity index (χ0v) is 14.9. The molecule has 2 amide bonds. The first-order valence-corrected chi connectivity index (χ1v) is 8.30. The van der Waals surface area contributed by atoms with Crippen molar-refractivity contribution in [2.75, 3.05) is 19.0 Å². The summed E-state index contributed by atoms with van der Waals surface area (Å²) in [6.45, 7) is 1.73. The van der Waals surface area contributed by atoms with E-state index in [1.807, 2.05) is 0 Å². The van der Waals surface area contributed by atoms with Crippen LogP contribution in [0.15, 0.2) is 36.4 Å². The lowest BCUT2D eigenvalue weighted by molar-refractivity contribution is -0.121. The summed E-state index contributed by atoms with van der Waals surface area (Å²) < 4.78 is 18.5. The van der Waals surface area contributed by atoms with Crippen LogP contribution in [0.1, 0.15) is 21.7 Å². The predicted molar refractivity (Wildman–Crippen MR) is 98.9 cm³/mol. The topological polar surface area (TPSA) is 96.1 Å². The van der Waals surface area contributed by atoms with Crippen LogP contribution in [0.2, 0.25) is 0 Å². The summed E-state index contributed by atoms with van der Waals surface area (Å²) in [7, 11) is 1.56. The Balaban J connectivity index is 1.54. The van der Waals surface area contributed by atoms with Gasteiger partial charge in [-0.05, 0) is 48.9 Å². The van der Waals surface area contributed by atoms with Crippen LogP contribution in [0.4, 0.5) is 10.1 Å². The minimum Gasteiger partial charge on any atom is -0.364 e. The average molecular weight is 370 g/mol. The van der Waals surface area contributed by atoms with E-state index in [0.29, 0.717) is 28.1 Å². The number of halogens is 1. The van der Waals surface area contributed by atoms with Gasteiger partial charge in [0.25, 0.3) is 5.91 Å². The number of imidazole rings is 1. The van der Waals surface area contributed by atoms with Gasteiger partial charge in [0.1, 0.15) is 24.9 Å². The lowest BCUT2D eigenvalue weighted by Gasteiger charge is -2.10. The molecule has 8 heteroatoms. The second-order valence-corrected chi connectivity index (χ2v) is 5.99. The van der Waals surface area contributed by atoms with E-state index in [9.17, 15) is 14.0 Å². The molecule has 0 aliphatic carbocycles. The predicted octanol–water partition coefficient (Wildman–Crippen LogP) is 2.53. The number of aryl methyl sites for hydroxylation is 1. The second-order valence-electron chi connectivity index (χ2n) is 5.99. The summed E-state index contributed by atoms with van der Waals surface area (Å²) in [6.07, 6.45) is 0. The number of nitrogens with one attached hydrogen (secondary N) is 3. The highest BCUT2D eigenvalue weighted by molar-refractivity contribution is 5.96. The molecule has 0 spiro atoms. The van der Waals surface area contributed by atoms with Crippen molar-refractivity contribution in [1.29, 1.82) is 0 Å². The Morgan fingerprint density at radius 2 is 2.04 bits per heavy atom. The number of carbonyl (C=O) groups excluding carboxylic acids is 2. The van der Waals surface area contributed by atoms with Crippen molar-refractivity contribution in [2.24, 2.45) is 0 Å². The Hall–Kier alpha value is -3.26. The number of nitrogens with zero attached hydrogens (tertiary/aromatic N) is 1. The normalized spacial score (nSPS) is 10.8. The van der Waals surface area contributed by atoms with E-state index in [1.54, 1.807) is 38.2 Å². The zero-order valence-electron chi connectivity index (χ0n) is 14.9. The van der Waals surface area contributed by atoms with Gasteiger partial charge in [-0.15, -0.1) is 0 Å². The zero-order chi connectivity index (χ0) is 19.4. The summed E-state index contributed by atoms with van der Waals surface area (Å²) in [4.78, 5) is 30.9. The third-order valence-electron chi connectivity index (χ3n) is 3.95. The number of carbonyl (C=O) groups is 2. The third-order valence-corrected chi connectivity index (χ3v) is 3.95. The fraction of sp³-hybridized carbons (Fsp3) is 0.211. The molecule has 0 aliphatic heterocycles. The molecular formula is C19H19FN4O3. The largest absolute Gasteiger partial charge is 0.364 e. The minimum absolute atomic E-state index is 0.0955. The van der Waals surface area contributed by atoms with Crippen molar-refractivity contribution in [2.45, 2.75) is 13.5 Å². The van der Waals surface area contributed by atoms with Crippen LogP contribution in [-0.2, 0) is 16.1 Å². The number of hydrogen-bond acceptors (Lipinski definition) is 4. The van der Waals surface area contributed by atoms with E-state index in [1.165, 1.54) is 12.1 Å². The SMILES string of the molecule is CNC(=O)c1ccc(NC(=O)COCc2nc3ccc(F)cc3[nH]2)c(C)c1. The van der Waals surface area contributed by atoms with Crippen LogP contribution in [0.3, 0.4) is 0 Å². The fourth-order valence-corrected chi connectivity index (χ4v) is 2.62. The maximum absolute atomic E-state index is 13.2. The molecule has 140 valence electrons. The average Bonchev–Trinajstić information content (AvgIpc) is 3.04. The summed E-state index contributed by atoms with van der Waals surface area (Å²) in [5, 5.41) is 5.29. The molecule has 0 atom stereocenters. The molecule has 0 radical (unpaired) electrons. The number of ether oxygens (including phenoxy) is 1. The van der Waals surface area contributed by atoms with E-state index in [2.05, 4.69) is 20.6 Å². The van der Waals surface area contributed by atoms with E-state index >= 15 is 0 Å². The number of anilines is 1. The van der Waals surface area contributed by atoms with Crippen molar-refractivity contribution in [1.82, 2.24) is 15.3 Å². The first-order valence-electron chi connectivity index (χ1n) is 8.30. The van der Waals surface area contributed by atoms with Crippen molar-refractivity contribution >= 4 is 28.5 Å². The lowest BCUT2D eigenvalue weighted by Crippen LogP contribution is -2.20. The van der Waals surface area contributed by atoms with Gasteiger partial charge in [-0.25, -0.2) is 9.37 Å². The molecule has 27 heavy (non-hydrogen) atoms. The van der Waals surface area contributed by atoms with Gasteiger partial charge in [-0.3, -0.25) is 9.59 Å². The van der Waals surface area contributed by atoms with Gasteiger partial charge in [0, 0.05) is 18.3 Å². The number of rotatable bonds is 6. The monoisotopic (exact) mass is 370 g/mol. The lowest BCUT2D eigenvalue weighted by atomic mass is 10.1. The maximum Gasteiger partial charge on any atom is 0.251 e. The Labute approximate surface area is 154 Å². The molecule has 0 fully saturated rings. The number of hydrogen-bond donors (Lipinski definition) is 3. The van der Waals surface area contributed by atoms with Crippen molar-refractivity contribution in [3.8, 4) is 0 Å². The molecule has 1 heterocycles. The maximum atomic E-state index is 13.2. The van der Waals surface area contributed by atoms with Gasteiger partial charge in [0.2, 0.25) is 5.91 Å². The third kappa shape index (κ3) is 4.48. The van der Waals surface area contributed by atoms with Crippen LogP contribution in [0.5, 0.6) is 0 Å². The molecule has 3 aromatic rings. The molecular weight excluding hydrogens is 351 g/mol. The first-order chi connectivity index (χ1) is 13.0. The number of benzene rings is 2. The van der Waals surface area contributed by atoms with Crippen molar-refractivity contribution in [3.05, 3.63) is 59.2 Å². The molecule has 0 aliphatic rings. The molecule has 0 bridgehead atoms. The summed E-state index contributed by atoms with van der Waals surface area (Å²) >= 11 is 0. The number of aromatic amines is 1. The van der Waals surface area contributed by atoms with Crippen molar-refractivity contribution < 1.29 is 18.7 Å². The second kappa shape index (κ2) is 7.96. The highest BCUT2D eigenvalue weighted by Gasteiger charge is 2.10. The Bertz CT molecular complexity index is 1000. The molecule has 0 unspecified atom stereocenters. The van der Waals surface area contributed by atoms with Crippen molar-refractivity contribution in [3.63, 3.8) is 0 Å². The number of aromatic nitrogens is 2. The quantitative estimate of drug-likeness (QED) is 0.621. The Kier molecular flexibility index (Phi) is 5.46. The van der Waals surface area contributed by atoms with Gasteiger partial charge in [-0.2, -0.15) is 0 Å². The minimum atomic E-state index is -0.351. The van der Waals surface area contributed by atoms with Gasteiger partial charge in [-0.1, -0.05) is 0 Å². The smallest absolute Gasteiger partial charge is 0.251 e. The Morgan fingerprint density at radius 3 is 2.78 bits per heavy atom. The highest BCUT2D eigenvalue weighted by Crippen LogP contribution is 2.17. The van der Waals surface area contributed by atoms with E-state index in [0.717, 1.165) is 5.56 Å². The fourth-order valence-electron chi connectivity index (χ4n) is 2.62. The summed E-state index contributed by atoms with van der Waals surface area (Å²) in [5.41, 5.74) is 3.10. The molecule has 2 aromatic carbocycles. The summed E-state index contributed by atoms with van der Waals surface area (Å²) in [5.74, 6) is -0.358. The van der Waals surface area contributed by atoms with Crippen LogP contribution < -0.4 is 10.6 Å². The molecule has 0 saturated carbocycles. The Morgan fingerprint density at radius 1 is 1.22 bits per heavy atom. The number of fused-ring (bicyclic) bond motifs is 1.